The first-order chi connectivity index (χ1) is 49.8. The Kier molecular flexibility index (Phi) is 19.8. The van der Waals surface area contributed by atoms with Crippen LogP contribution in [0, 0.1) is 0 Å². The fourth-order valence-electron chi connectivity index (χ4n) is 12.1. The van der Waals surface area contributed by atoms with Gasteiger partial charge in [0, 0.05) is 11.1 Å². The van der Waals surface area contributed by atoms with Crippen molar-refractivity contribution in [1.29, 1.82) is 0 Å². The van der Waals surface area contributed by atoms with Gasteiger partial charge in [-0.2, -0.15) is 87.1 Å². The molecule has 0 radical (unpaired) electrons. The quantitative estimate of drug-likeness (QED) is 0.0474. The predicted molar refractivity (Wildman–Crippen MR) is 354 cm³/mol. The van der Waals surface area contributed by atoms with E-state index in [0.717, 1.165) is 24.3 Å². The molecule has 0 saturated carbocycles. The molecule has 4 aliphatic rings. The van der Waals surface area contributed by atoms with Crippen LogP contribution in [-0.2, 0) is 80.7 Å². The molecule has 4 aromatic carbocycles. The molecule has 10 aromatic rings. The second kappa shape index (κ2) is 27.5. The van der Waals surface area contributed by atoms with Crippen molar-refractivity contribution in [2.45, 2.75) is 46.8 Å². The molecule has 108 heavy (non-hydrogen) atoms. The van der Waals surface area contributed by atoms with Crippen molar-refractivity contribution in [2.24, 2.45) is 0 Å². The number of rotatable bonds is 17. The Morgan fingerprint density at radius 3 is 0.694 bits per heavy atom. The number of alkyl halides is 16. The molecule has 0 amide bonds. The predicted octanol–water partition coefficient (Wildman–Crippen LogP) is 18.8. The first kappa shape index (κ1) is 77.5. The second-order valence-corrected chi connectivity index (χ2v) is 26.3. The summed E-state index contributed by atoms with van der Waals surface area (Å²) in [6.45, 7) is 0. The van der Waals surface area contributed by atoms with E-state index in [1.807, 2.05) is 0 Å². The summed E-state index contributed by atoms with van der Waals surface area (Å²) in [5, 5.41) is -14.3. The fraction of sp³-hybridized carbons (Fsp3) is 0.111. The van der Waals surface area contributed by atoms with Crippen LogP contribution in [0.4, 0.5) is 78.0 Å². The topological polar surface area (TPSA) is 195 Å². The van der Waals surface area contributed by atoms with Gasteiger partial charge in [0.05, 0.1) is 45.6 Å². The molecular weight excluding hydrogens is 1610 g/mol. The van der Waals surface area contributed by atoms with Gasteiger partial charge in [-0.15, -0.1) is 44.1 Å². The molecule has 0 atom stereocenters. The third-order valence-electron chi connectivity index (χ3n) is 16.9. The molecule has 14 nitrogen and oxygen atoms in total. The summed E-state index contributed by atoms with van der Waals surface area (Å²) in [6.07, 6.45) is -18.8. The van der Waals surface area contributed by atoms with Crippen LogP contribution in [0.3, 0.4) is 0 Å². The Balaban J connectivity index is 0.00000545. The molecule has 6 aromatic heterocycles. The van der Waals surface area contributed by atoms with Gasteiger partial charge < -0.3 is 19.9 Å². The Morgan fingerprint density at radius 1 is 0.259 bits per heavy atom. The van der Waals surface area contributed by atoms with Gasteiger partial charge in [-0.1, -0.05) is 178 Å². The van der Waals surface area contributed by atoms with E-state index in [9.17, 15) is 59.7 Å². The van der Waals surface area contributed by atoms with Crippen molar-refractivity contribution in [1.82, 2.24) is 39.9 Å². The van der Waals surface area contributed by atoms with Gasteiger partial charge in [-0.05, 0) is 104 Å². The normalized spacial score (nSPS) is 13.8. The Morgan fingerprint density at radius 2 is 0.454 bits per heavy atom. The average Bonchev–Trinajstić information content (AvgIpc) is 1.25. The fourth-order valence-corrected chi connectivity index (χ4v) is 12.7. The van der Waals surface area contributed by atoms with E-state index in [2.05, 4.69) is 29.4 Å². The summed E-state index contributed by atoms with van der Waals surface area (Å²) in [6, 6.07) is 39.6. The van der Waals surface area contributed by atoms with Crippen LogP contribution in [0.15, 0.2) is 170 Å². The van der Waals surface area contributed by atoms with Crippen LogP contribution in [0.2, 0.25) is 0 Å². The minimum Gasteiger partial charge on any atom is -0.657 e. The summed E-state index contributed by atoms with van der Waals surface area (Å²) >= 11 is 0. The maximum absolute atomic E-state index is 17.1. The van der Waals surface area contributed by atoms with Crippen molar-refractivity contribution >= 4 is 113 Å². The van der Waals surface area contributed by atoms with Gasteiger partial charge in [0.25, 0.3) is 0 Å². The summed E-state index contributed by atoms with van der Waals surface area (Å²) in [4.78, 5) is 37.6. The zero-order chi connectivity index (χ0) is 75.7. The number of hydrogen-bond donors (Lipinski definition) is 0. The number of ether oxygens (including phenoxy) is 2. The van der Waals surface area contributed by atoms with Crippen molar-refractivity contribution in [3.63, 3.8) is 0 Å². The second-order valence-electron chi connectivity index (χ2n) is 23.5. The molecule has 0 N–H and O–H groups in total. The Labute approximate surface area is 621 Å². The standard InChI is InChI=1S/C72H36F18N8O6S2.2Zn/c73-65(74,67(77,78)103-69(81,82)71(85,86)105(89,99)100)63-53-33-29-45(95-53)57(37-13-5-1-6-14-37)41-21-25-49(91-41)61(50-26-22-42(92-50)58(38-15-7-2-8-16-38)46-30-34-54(63)96-46)62-51-27-23-43(93-51)59(39-17-9-3-10-18-39)47-31-35-55(97-47)64(66(75,76)68(79,80)104-70(83,84)72(87,88)106(90,101)102)56-36-32-48(98-56)60(40-19-11-4-12-20-40)44-24-28-52(62)94-44;;/h1-36H;;/q-4;2*+2. The van der Waals surface area contributed by atoms with Crippen LogP contribution < -0.4 is 19.9 Å². The van der Waals surface area contributed by atoms with Gasteiger partial charge in [0.2, 0.25) is 0 Å². The summed E-state index contributed by atoms with van der Waals surface area (Å²) in [5.74, 6) is -12.5. The van der Waals surface area contributed by atoms with E-state index in [-0.39, 0.29) is 162 Å². The van der Waals surface area contributed by atoms with Crippen molar-refractivity contribution in [2.75, 3.05) is 0 Å². The molecule has 0 spiro atoms. The first-order valence-corrected chi connectivity index (χ1v) is 33.2. The summed E-state index contributed by atoms with van der Waals surface area (Å²) in [5.41, 5.74) is -10.1. The largest absolute Gasteiger partial charge is 2.00 e. The minimum atomic E-state index is -7.84. The molecule has 542 valence electrons. The molecule has 10 heterocycles. The zero-order valence-electron chi connectivity index (χ0n) is 53.8. The van der Waals surface area contributed by atoms with Gasteiger partial charge in [-0.3, -0.25) is 0 Å². The number of benzene rings is 4. The van der Waals surface area contributed by atoms with E-state index in [0.29, 0.717) is 24.3 Å². The third-order valence-corrected chi connectivity index (χ3v) is 18.6. The molecule has 0 fully saturated rings. The van der Waals surface area contributed by atoms with E-state index in [4.69, 9.17) is 19.9 Å². The van der Waals surface area contributed by atoms with Crippen LogP contribution in [0.5, 0.6) is 0 Å². The Hall–Kier alpha value is -10.1. The van der Waals surface area contributed by atoms with Crippen molar-refractivity contribution in [3.05, 3.63) is 227 Å². The van der Waals surface area contributed by atoms with E-state index in [1.54, 1.807) is 24.3 Å². The van der Waals surface area contributed by atoms with Crippen molar-refractivity contribution < 1.29 is 143 Å². The van der Waals surface area contributed by atoms with Crippen molar-refractivity contribution in [3.8, 4) is 55.6 Å². The van der Waals surface area contributed by atoms with E-state index in [1.165, 1.54) is 146 Å². The van der Waals surface area contributed by atoms with Crippen LogP contribution >= 0.6 is 0 Å². The van der Waals surface area contributed by atoms with Crippen LogP contribution in [0.25, 0.3) is 148 Å². The summed E-state index contributed by atoms with van der Waals surface area (Å²) in [7, 11) is -15.7. The van der Waals surface area contributed by atoms with Gasteiger partial charge in [0.15, 0.2) is 0 Å². The molecule has 36 heteroatoms. The Bertz CT molecular complexity index is 5580. The molecule has 16 bridgehead atoms. The van der Waals surface area contributed by atoms with E-state index < -0.39 is 101 Å². The van der Waals surface area contributed by atoms with Crippen LogP contribution in [0.1, 0.15) is 56.7 Å². The van der Waals surface area contributed by atoms with Gasteiger partial charge in [0.1, 0.15) is 0 Å². The zero-order valence-corrected chi connectivity index (χ0v) is 61.4. The van der Waals surface area contributed by atoms with Crippen LogP contribution in [-0.4, -0.2) is 71.7 Å². The minimum absolute atomic E-state index is 0. The number of hydrogen-bond acceptors (Lipinski definition) is 10. The third kappa shape index (κ3) is 13.2. The molecule has 0 saturated heterocycles. The molecule has 14 rings (SSSR count). The van der Waals surface area contributed by atoms with E-state index >= 15 is 35.1 Å². The van der Waals surface area contributed by atoms with Gasteiger partial charge >= 0.3 is 106 Å². The molecule has 0 unspecified atom stereocenters. The SMILES string of the molecule is O=S(=O)(F)C(F)(F)C(F)(F)OC(F)(F)C(F)(F)c1c2nc(c(-c3ccccc3)c3ccc([n-]3)c(-c3c4nc(c(-c5ccccc5)c5ccc([n-]5)c(C(F)(F)C(F)(F)OC(F)(F)C(F)(F)S(=O)(=O)F)c5nc(c(-c6ccccc6)c6ccc3[n-]6)C=C5)C=C4)c3nc(c(-c4ccccc4)c4ccc1[n-]4)C=C3)C=C2.[Zn+2].[Zn+2]. The molecular formula is C72H36F18N8O6S2Zn2. The number of halogens is 18. The monoisotopic (exact) mass is 1640 g/mol. The van der Waals surface area contributed by atoms with Gasteiger partial charge in [-0.25, -0.2) is 29.4 Å². The number of nitrogens with zero attached hydrogens (tertiary/aromatic N) is 8. The number of aromatic nitrogens is 8. The molecule has 0 aliphatic carbocycles. The smallest absolute Gasteiger partial charge is 0.657 e. The summed E-state index contributed by atoms with van der Waals surface area (Å²) < 4.78 is 328. The molecule has 4 aliphatic heterocycles. The first-order valence-electron chi connectivity index (χ1n) is 30.5. The number of fused-ring (bicyclic) bond motifs is 16. The average molecular weight is 1650 g/mol. The maximum Gasteiger partial charge on any atom is 2.00 e. The maximum atomic E-state index is 17.1.